The molecule has 29 heavy (non-hydrogen) atoms. The van der Waals surface area contributed by atoms with E-state index in [1.165, 1.54) is 6.39 Å². The summed E-state index contributed by atoms with van der Waals surface area (Å²) in [5, 5.41) is 5.35. The van der Waals surface area contributed by atoms with E-state index in [2.05, 4.69) is 15.6 Å². The summed E-state index contributed by atoms with van der Waals surface area (Å²) in [4.78, 5) is 28.6. The highest BCUT2D eigenvalue weighted by Gasteiger charge is 2.12. The molecule has 0 saturated carbocycles. The Balaban J connectivity index is 1.38. The van der Waals surface area contributed by atoms with Gasteiger partial charge in [0, 0.05) is 5.56 Å². The van der Waals surface area contributed by atoms with Crippen molar-refractivity contribution >= 4 is 28.6 Å². The average Bonchev–Trinajstić information content (AvgIpc) is 3.22. The number of ether oxygens (including phenoxy) is 1. The fraction of sp³-hybridized carbons (Fsp3) is 0.0455. The molecular formula is C22H17N3O4. The second-order valence-electron chi connectivity index (χ2n) is 6.18. The summed E-state index contributed by atoms with van der Waals surface area (Å²) in [6.45, 7) is -0.185. The first-order valence-corrected chi connectivity index (χ1v) is 8.92. The number of hydrogen-bond donors (Lipinski definition) is 2. The van der Waals surface area contributed by atoms with Crippen molar-refractivity contribution < 1.29 is 18.7 Å². The smallest absolute Gasteiger partial charge is 0.251 e. The highest BCUT2D eigenvalue weighted by atomic mass is 16.5. The highest BCUT2D eigenvalue weighted by molar-refractivity contribution is 6.01. The molecule has 1 aromatic heterocycles. The first-order chi connectivity index (χ1) is 14.2. The first-order valence-electron chi connectivity index (χ1n) is 8.92. The molecule has 1 heterocycles. The number of benzene rings is 3. The lowest BCUT2D eigenvalue weighted by Crippen LogP contribution is -2.32. The van der Waals surface area contributed by atoms with Crippen LogP contribution in [0.3, 0.4) is 0 Å². The van der Waals surface area contributed by atoms with Crippen molar-refractivity contribution in [2.24, 2.45) is 0 Å². The van der Waals surface area contributed by atoms with E-state index in [0.29, 0.717) is 33.8 Å². The number of carbonyl (C=O) groups is 2. The molecule has 3 aromatic carbocycles. The number of amides is 2. The van der Waals surface area contributed by atoms with Crippen LogP contribution in [0.15, 0.2) is 83.6 Å². The summed E-state index contributed by atoms with van der Waals surface area (Å²) in [5.74, 6) is 0.421. The topological polar surface area (TPSA) is 93.5 Å². The Labute approximate surface area is 166 Å². The molecule has 0 aliphatic rings. The number of oxazole rings is 1. The van der Waals surface area contributed by atoms with Gasteiger partial charge in [0.25, 0.3) is 5.91 Å². The Bertz CT molecular complexity index is 1150. The van der Waals surface area contributed by atoms with Gasteiger partial charge in [-0.2, -0.15) is 0 Å². The second kappa shape index (κ2) is 8.26. The van der Waals surface area contributed by atoms with Crippen LogP contribution in [-0.4, -0.2) is 23.3 Å². The molecule has 0 radical (unpaired) electrons. The number of anilines is 1. The molecule has 0 aliphatic heterocycles. The van der Waals surface area contributed by atoms with Crippen molar-refractivity contribution in [2.45, 2.75) is 0 Å². The predicted molar refractivity (Wildman–Crippen MR) is 108 cm³/mol. The molecule has 7 nitrogen and oxygen atoms in total. The number of carbonyl (C=O) groups excluding carboxylic acids is 2. The molecule has 7 heteroatoms. The van der Waals surface area contributed by atoms with Gasteiger partial charge in [-0.15, -0.1) is 0 Å². The van der Waals surface area contributed by atoms with E-state index in [4.69, 9.17) is 9.15 Å². The van der Waals surface area contributed by atoms with Gasteiger partial charge < -0.3 is 19.8 Å². The van der Waals surface area contributed by atoms with Crippen molar-refractivity contribution in [1.29, 1.82) is 0 Å². The van der Waals surface area contributed by atoms with Crippen LogP contribution in [0.4, 0.5) is 5.69 Å². The lowest BCUT2D eigenvalue weighted by molar-refractivity contribution is -0.115. The standard InChI is InChI=1S/C22H17N3O4/c26-21(13-23-22(27)15-10-11-19-18(12-15)24-14-28-19)25-17-8-4-5-9-20(17)29-16-6-2-1-3-7-16/h1-12,14H,13H2,(H,23,27)(H,25,26). The number of aromatic nitrogens is 1. The molecule has 2 amide bonds. The Morgan fingerprint density at radius 3 is 2.62 bits per heavy atom. The molecule has 4 aromatic rings. The quantitative estimate of drug-likeness (QED) is 0.522. The van der Waals surface area contributed by atoms with Gasteiger partial charge in [-0.25, -0.2) is 4.98 Å². The first kappa shape index (κ1) is 18.2. The van der Waals surface area contributed by atoms with Crippen LogP contribution < -0.4 is 15.4 Å². The largest absolute Gasteiger partial charge is 0.455 e. The van der Waals surface area contributed by atoms with E-state index in [0.717, 1.165) is 0 Å². The van der Waals surface area contributed by atoms with Crippen LogP contribution in [0, 0.1) is 0 Å². The van der Waals surface area contributed by atoms with Crippen LogP contribution in [-0.2, 0) is 4.79 Å². The van der Waals surface area contributed by atoms with E-state index in [-0.39, 0.29) is 18.4 Å². The lowest BCUT2D eigenvalue weighted by Gasteiger charge is -2.12. The zero-order valence-corrected chi connectivity index (χ0v) is 15.3. The zero-order valence-electron chi connectivity index (χ0n) is 15.3. The molecule has 144 valence electrons. The van der Waals surface area contributed by atoms with Crippen LogP contribution in [0.5, 0.6) is 11.5 Å². The SMILES string of the molecule is O=C(CNC(=O)c1ccc2ocnc2c1)Nc1ccccc1Oc1ccccc1. The monoisotopic (exact) mass is 387 g/mol. The van der Waals surface area contributed by atoms with Gasteiger partial charge in [0.1, 0.15) is 11.3 Å². The van der Waals surface area contributed by atoms with E-state index in [1.54, 1.807) is 36.4 Å². The van der Waals surface area contributed by atoms with E-state index >= 15 is 0 Å². The van der Waals surface area contributed by atoms with Crippen molar-refractivity contribution in [3.8, 4) is 11.5 Å². The third-order valence-electron chi connectivity index (χ3n) is 4.13. The third kappa shape index (κ3) is 4.41. The van der Waals surface area contributed by atoms with Crippen LogP contribution in [0.1, 0.15) is 10.4 Å². The fourth-order valence-electron chi connectivity index (χ4n) is 2.73. The van der Waals surface area contributed by atoms with Crippen LogP contribution in [0.25, 0.3) is 11.1 Å². The minimum absolute atomic E-state index is 0.185. The average molecular weight is 387 g/mol. The number of fused-ring (bicyclic) bond motifs is 1. The molecule has 2 N–H and O–H groups in total. The molecule has 0 unspecified atom stereocenters. The van der Waals surface area contributed by atoms with Gasteiger partial charge in [-0.3, -0.25) is 9.59 Å². The van der Waals surface area contributed by atoms with Crippen molar-refractivity contribution in [2.75, 3.05) is 11.9 Å². The molecular weight excluding hydrogens is 370 g/mol. The number of para-hydroxylation sites is 3. The van der Waals surface area contributed by atoms with Gasteiger partial charge in [0.2, 0.25) is 5.91 Å². The zero-order chi connectivity index (χ0) is 20.1. The minimum Gasteiger partial charge on any atom is -0.455 e. The highest BCUT2D eigenvalue weighted by Crippen LogP contribution is 2.28. The molecule has 0 atom stereocenters. The molecule has 0 bridgehead atoms. The number of nitrogens with one attached hydrogen (secondary N) is 2. The Hall–Kier alpha value is -4.13. The molecule has 0 spiro atoms. The summed E-state index contributed by atoms with van der Waals surface area (Å²) in [6, 6.07) is 21.2. The van der Waals surface area contributed by atoms with Crippen molar-refractivity contribution in [3.63, 3.8) is 0 Å². The maximum absolute atomic E-state index is 12.3. The summed E-state index contributed by atoms with van der Waals surface area (Å²) < 4.78 is 11.0. The number of nitrogens with zero attached hydrogens (tertiary/aromatic N) is 1. The number of hydrogen-bond acceptors (Lipinski definition) is 5. The van der Waals surface area contributed by atoms with E-state index in [9.17, 15) is 9.59 Å². The fourth-order valence-corrected chi connectivity index (χ4v) is 2.73. The molecule has 0 fully saturated rings. The molecule has 0 aliphatic carbocycles. The second-order valence-corrected chi connectivity index (χ2v) is 6.18. The van der Waals surface area contributed by atoms with Crippen molar-refractivity contribution in [3.05, 3.63) is 84.8 Å². The van der Waals surface area contributed by atoms with Gasteiger partial charge in [0.05, 0.1) is 12.2 Å². The van der Waals surface area contributed by atoms with Crippen LogP contribution >= 0.6 is 0 Å². The predicted octanol–water partition coefficient (Wildman–Crippen LogP) is 3.99. The van der Waals surface area contributed by atoms with E-state index in [1.807, 2.05) is 36.4 Å². The summed E-state index contributed by atoms with van der Waals surface area (Å²) in [6.07, 6.45) is 1.31. The summed E-state index contributed by atoms with van der Waals surface area (Å²) in [7, 11) is 0. The lowest BCUT2D eigenvalue weighted by atomic mass is 10.2. The van der Waals surface area contributed by atoms with Crippen LogP contribution in [0.2, 0.25) is 0 Å². The van der Waals surface area contributed by atoms with Gasteiger partial charge in [-0.05, 0) is 42.5 Å². The molecule has 0 saturated heterocycles. The third-order valence-corrected chi connectivity index (χ3v) is 4.13. The Morgan fingerprint density at radius 2 is 1.76 bits per heavy atom. The number of rotatable bonds is 6. The maximum atomic E-state index is 12.3. The normalized spacial score (nSPS) is 10.5. The van der Waals surface area contributed by atoms with Crippen molar-refractivity contribution in [1.82, 2.24) is 10.3 Å². The summed E-state index contributed by atoms with van der Waals surface area (Å²) in [5.41, 5.74) is 2.08. The van der Waals surface area contributed by atoms with Gasteiger partial charge >= 0.3 is 0 Å². The van der Waals surface area contributed by atoms with Gasteiger partial charge in [-0.1, -0.05) is 30.3 Å². The Morgan fingerprint density at radius 1 is 0.966 bits per heavy atom. The molecule has 4 rings (SSSR count). The Kier molecular flexibility index (Phi) is 5.20. The maximum Gasteiger partial charge on any atom is 0.251 e. The van der Waals surface area contributed by atoms with E-state index < -0.39 is 0 Å². The minimum atomic E-state index is -0.376. The van der Waals surface area contributed by atoms with Gasteiger partial charge in [0.15, 0.2) is 17.7 Å². The summed E-state index contributed by atoms with van der Waals surface area (Å²) >= 11 is 0.